The van der Waals surface area contributed by atoms with Crippen LogP contribution >= 0.6 is 0 Å². The molecule has 26 heavy (non-hydrogen) atoms. The molecule has 1 amide bonds. The number of hydrogen-bond donors (Lipinski definition) is 1. The Hall–Kier alpha value is -3.02. The van der Waals surface area contributed by atoms with Gasteiger partial charge in [0.05, 0.1) is 0 Å². The molecule has 1 N–H and O–H groups in total. The van der Waals surface area contributed by atoms with Crippen LogP contribution in [0, 0.1) is 24.4 Å². The zero-order valence-corrected chi connectivity index (χ0v) is 14.1. The van der Waals surface area contributed by atoms with Crippen LogP contribution in [-0.2, 0) is 11.3 Å². The molecule has 0 radical (unpaired) electrons. The minimum absolute atomic E-state index is 0.287. The van der Waals surface area contributed by atoms with Crippen LogP contribution in [0.3, 0.4) is 0 Å². The van der Waals surface area contributed by atoms with Crippen LogP contribution in [0.15, 0.2) is 48.5 Å². The summed E-state index contributed by atoms with van der Waals surface area (Å²) in [5, 5.41) is 3.54. The van der Waals surface area contributed by atoms with Gasteiger partial charge in [0, 0.05) is 35.8 Å². The standard InChI is InChI=1S/C20H17F3N2O/c1-13-10-15-12-16(21)4-6-19(15)25(13)9-8-24-20(26)7-3-14-2-5-17(22)18(23)11-14/h2-7,10-12H,8-9H2,1H3,(H,24,26)/b7-3+. The number of benzene rings is 2. The average molecular weight is 358 g/mol. The average Bonchev–Trinajstić information content (AvgIpc) is 2.90. The summed E-state index contributed by atoms with van der Waals surface area (Å²) in [6.45, 7) is 2.83. The van der Waals surface area contributed by atoms with Crippen molar-refractivity contribution in [3.05, 3.63) is 77.2 Å². The number of rotatable bonds is 5. The number of nitrogens with one attached hydrogen (secondary N) is 1. The van der Waals surface area contributed by atoms with Gasteiger partial charge < -0.3 is 9.88 Å². The second-order valence-corrected chi connectivity index (χ2v) is 5.94. The molecule has 3 nitrogen and oxygen atoms in total. The molecule has 0 unspecified atom stereocenters. The van der Waals surface area contributed by atoms with Crippen LogP contribution in [0.5, 0.6) is 0 Å². The van der Waals surface area contributed by atoms with E-state index in [0.717, 1.165) is 28.7 Å². The van der Waals surface area contributed by atoms with Crippen LogP contribution in [-0.4, -0.2) is 17.0 Å². The Labute approximate surface area is 148 Å². The molecule has 0 fully saturated rings. The van der Waals surface area contributed by atoms with E-state index in [4.69, 9.17) is 0 Å². The fraction of sp³-hybridized carbons (Fsp3) is 0.150. The number of aryl methyl sites for hydroxylation is 1. The van der Waals surface area contributed by atoms with Gasteiger partial charge in [0.2, 0.25) is 5.91 Å². The first-order valence-corrected chi connectivity index (χ1v) is 8.10. The van der Waals surface area contributed by atoms with Gasteiger partial charge in [-0.05, 0) is 55.0 Å². The molecule has 6 heteroatoms. The maximum atomic E-state index is 13.3. The number of carbonyl (C=O) groups excluding carboxylic acids is 1. The molecule has 2 aromatic carbocycles. The third-order valence-electron chi connectivity index (χ3n) is 4.08. The van der Waals surface area contributed by atoms with Crippen molar-refractivity contribution in [2.45, 2.75) is 13.5 Å². The highest BCUT2D eigenvalue weighted by Gasteiger charge is 2.07. The van der Waals surface area contributed by atoms with Crippen LogP contribution in [0.25, 0.3) is 17.0 Å². The largest absolute Gasteiger partial charge is 0.351 e. The Morgan fingerprint density at radius 2 is 1.88 bits per heavy atom. The van der Waals surface area contributed by atoms with Gasteiger partial charge >= 0.3 is 0 Å². The topological polar surface area (TPSA) is 34.0 Å². The second-order valence-electron chi connectivity index (χ2n) is 5.94. The predicted octanol–water partition coefficient (Wildman–Crippen LogP) is 4.20. The molecule has 3 rings (SSSR count). The summed E-state index contributed by atoms with van der Waals surface area (Å²) in [5.74, 6) is -2.51. The van der Waals surface area contributed by atoms with Gasteiger partial charge in [-0.3, -0.25) is 4.79 Å². The minimum Gasteiger partial charge on any atom is -0.351 e. The fourth-order valence-electron chi connectivity index (χ4n) is 2.81. The lowest BCUT2D eigenvalue weighted by atomic mass is 10.2. The minimum atomic E-state index is -0.959. The molecule has 1 heterocycles. The summed E-state index contributed by atoms with van der Waals surface area (Å²) >= 11 is 0. The van der Waals surface area contributed by atoms with Crippen molar-refractivity contribution in [2.24, 2.45) is 0 Å². The van der Waals surface area contributed by atoms with Crippen LogP contribution in [0.4, 0.5) is 13.2 Å². The first kappa shape index (κ1) is 17.8. The van der Waals surface area contributed by atoms with E-state index < -0.39 is 11.6 Å². The molecule has 0 aliphatic heterocycles. The lowest BCUT2D eigenvalue weighted by molar-refractivity contribution is -0.116. The SMILES string of the molecule is Cc1cc2cc(F)ccc2n1CCNC(=O)/C=C/c1ccc(F)c(F)c1. The van der Waals surface area contributed by atoms with Crippen molar-refractivity contribution in [3.63, 3.8) is 0 Å². The summed E-state index contributed by atoms with van der Waals surface area (Å²) in [7, 11) is 0. The van der Waals surface area contributed by atoms with E-state index in [-0.39, 0.29) is 11.7 Å². The van der Waals surface area contributed by atoms with Crippen molar-refractivity contribution >= 4 is 22.9 Å². The third-order valence-corrected chi connectivity index (χ3v) is 4.08. The van der Waals surface area contributed by atoms with E-state index in [1.165, 1.54) is 30.4 Å². The normalized spacial score (nSPS) is 11.4. The maximum Gasteiger partial charge on any atom is 0.244 e. The first-order valence-electron chi connectivity index (χ1n) is 8.10. The van der Waals surface area contributed by atoms with Crippen LogP contribution < -0.4 is 5.32 Å². The monoisotopic (exact) mass is 358 g/mol. The fourth-order valence-corrected chi connectivity index (χ4v) is 2.81. The van der Waals surface area contributed by atoms with Gasteiger partial charge in [0.25, 0.3) is 0 Å². The van der Waals surface area contributed by atoms with Gasteiger partial charge in [0.15, 0.2) is 11.6 Å². The number of hydrogen-bond acceptors (Lipinski definition) is 1. The second kappa shape index (κ2) is 7.47. The molecule has 134 valence electrons. The molecular formula is C20H17F3N2O. The molecule has 0 saturated heterocycles. The zero-order valence-electron chi connectivity index (χ0n) is 14.1. The predicted molar refractivity (Wildman–Crippen MR) is 95.0 cm³/mol. The van der Waals surface area contributed by atoms with E-state index in [1.54, 1.807) is 6.07 Å². The number of amides is 1. The highest BCUT2D eigenvalue weighted by Crippen LogP contribution is 2.20. The molecule has 0 atom stereocenters. The Kier molecular flexibility index (Phi) is 5.11. The molecular weight excluding hydrogens is 341 g/mol. The zero-order chi connectivity index (χ0) is 18.7. The van der Waals surface area contributed by atoms with Crippen molar-refractivity contribution in [1.29, 1.82) is 0 Å². The molecule has 3 aromatic rings. The third kappa shape index (κ3) is 3.96. The van der Waals surface area contributed by atoms with Crippen molar-refractivity contribution in [3.8, 4) is 0 Å². The Morgan fingerprint density at radius 1 is 1.08 bits per heavy atom. The molecule has 0 aliphatic carbocycles. The van der Waals surface area contributed by atoms with Crippen LogP contribution in [0.1, 0.15) is 11.3 Å². The highest BCUT2D eigenvalue weighted by molar-refractivity contribution is 5.91. The summed E-state index contributed by atoms with van der Waals surface area (Å²) in [6, 6.07) is 9.90. The maximum absolute atomic E-state index is 13.3. The van der Waals surface area contributed by atoms with Crippen molar-refractivity contribution < 1.29 is 18.0 Å². The van der Waals surface area contributed by atoms with E-state index in [0.29, 0.717) is 18.7 Å². The molecule has 0 saturated carbocycles. The lowest BCUT2D eigenvalue weighted by Crippen LogP contribution is -2.25. The van der Waals surface area contributed by atoms with E-state index in [2.05, 4.69) is 5.32 Å². The van der Waals surface area contributed by atoms with Gasteiger partial charge in [0.1, 0.15) is 5.82 Å². The van der Waals surface area contributed by atoms with E-state index in [9.17, 15) is 18.0 Å². The number of nitrogens with zero attached hydrogens (tertiary/aromatic N) is 1. The Morgan fingerprint density at radius 3 is 2.65 bits per heavy atom. The molecule has 0 spiro atoms. The van der Waals surface area contributed by atoms with Crippen molar-refractivity contribution in [2.75, 3.05) is 6.54 Å². The first-order chi connectivity index (χ1) is 12.4. The van der Waals surface area contributed by atoms with Crippen molar-refractivity contribution in [1.82, 2.24) is 9.88 Å². The Bertz CT molecular complexity index is 992. The molecule has 0 aliphatic rings. The Balaban J connectivity index is 1.59. The van der Waals surface area contributed by atoms with Gasteiger partial charge in [-0.15, -0.1) is 0 Å². The number of aromatic nitrogens is 1. The number of carbonyl (C=O) groups is 1. The lowest BCUT2D eigenvalue weighted by Gasteiger charge is -2.08. The van der Waals surface area contributed by atoms with E-state index >= 15 is 0 Å². The summed E-state index contributed by atoms with van der Waals surface area (Å²) < 4.78 is 41.3. The van der Waals surface area contributed by atoms with Crippen LogP contribution in [0.2, 0.25) is 0 Å². The van der Waals surface area contributed by atoms with Gasteiger partial charge in [-0.25, -0.2) is 13.2 Å². The van der Waals surface area contributed by atoms with Gasteiger partial charge in [-0.2, -0.15) is 0 Å². The van der Waals surface area contributed by atoms with Gasteiger partial charge in [-0.1, -0.05) is 6.07 Å². The summed E-state index contributed by atoms with van der Waals surface area (Å²) in [4.78, 5) is 11.9. The quantitative estimate of drug-likeness (QED) is 0.682. The molecule has 1 aromatic heterocycles. The molecule has 0 bridgehead atoms. The van der Waals surface area contributed by atoms with E-state index in [1.807, 2.05) is 17.6 Å². The smallest absolute Gasteiger partial charge is 0.244 e. The number of fused-ring (bicyclic) bond motifs is 1. The summed E-state index contributed by atoms with van der Waals surface area (Å²) in [6.07, 6.45) is 2.68. The summed E-state index contributed by atoms with van der Waals surface area (Å²) in [5.41, 5.74) is 2.26. The number of halogens is 3. The highest BCUT2D eigenvalue weighted by atomic mass is 19.2.